The Kier molecular flexibility index (Phi) is 5.03. The Balaban J connectivity index is 1.90. The minimum atomic E-state index is 0.428. The molecule has 3 nitrogen and oxygen atoms in total. The summed E-state index contributed by atoms with van der Waals surface area (Å²) in [5.74, 6) is 0. The number of benzene rings is 1. The Hall–Kier alpha value is -0.580. The van der Waals surface area contributed by atoms with Gasteiger partial charge in [0.15, 0.2) is 0 Å². The fourth-order valence-corrected chi connectivity index (χ4v) is 2.65. The van der Waals surface area contributed by atoms with Crippen molar-refractivity contribution in [3.8, 4) is 0 Å². The molecule has 1 aromatic carbocycles. The SMILES string of the molecule is Cc1c(Br)cccc1NC(C)CC1COCCN1. The Morgan fingerprint density at radius 1 is 1.56 bits per heavy atom. The summed E-state index contributed by atoms with van der Waals surface area (Å²) in [6.45, 7) is 6.97. The van der Waals surface area contributed by atoms with Crippen LogP contribution >= 0.6 is 15.9 Å². The van der Waals surface area contributed by atoms with Crippen molar-refractivity contribution in [1.29, 1.82) is 0 Å². The van der Waals surface area contributed by atoms with Crippen LogP contribution in [0.25, 0.3) is 0 Å². The molecule has 2 N–H and O–H groups in total. The number of halogens is 1. The molecule has 1 aliphatic heterocycles. The molecule has 0 aromatic heterocycles. The van der Waals surface area contributed by atoms with Crippen molar-refractivity contribution in [1.82, 2.24) is 5.32 Å². The lowest BCUT2D eigenvalue weighted by atomic mass is 10.1. The van der Waals surface area contributed by atoms with Crippen molar-refractivity contribution in [2.45, 2.75) is 32.4 Å². The number of hydrogen-bond donors (Lipinski definition) is 2. The molecule has 100 valence electrons. The van der Waals surface area contributed by atoms with Gasteiger partial charge in [-0.05, 0) is 38.0 Å². The highest BCUT2D eigenvalue weighted by Crippen LogP contribution is 2.24. The molecule has 0 radical (unpaired) electrons. The number of hydrogen-bond acceptors (Lipinski definition) is 3. The minimum absolute atomic E-state index is 0.428. The number of ether oxygens (including phenoxy) is 1. The molecule has 1 aliphatic rings. The number of rotatable bonds is 4. The smallest absolute Gasteiger partial charge is 0.0621 e. The third-order valence-electron chi connectivity index (χ3n) is 3.31. The third-order valence-corrected chi connectivity index (χ3v) is 4.17. The Bertz CT molecular complexity index is 391. The van der Waals surface area contributed by atoms with Gasteiger partial charge in [0.1, 0.15) is 0 Å². The molecular weight excluding hydrogens is 292 g/mol. The van der Waals surface area contributed by atoms with Gasteiger partial charge in [-0.1, -0.05) is 22.0 Å². The Morgan fingerprint density at radius 3 is 3.11 bits per heavy atom. The van der Waals surface area contributed by atoms with E-state index in [1.165, 1.54) is 11.3 Å². The topological polar surface area (TPSA) is 33.3 Å². The Labute approximate surface area is 117 Å². The van der Waals surface area contributed by atoms with E-state index in [2.05, 4.69) is 58.6 Å². The third kappa shape index (κ3) is 3.70. The van der Waals surface area contributed by atoms with Gasteiger partial charge in [0.05, 0.1) is 13.2 Å². The highest BCUT2D eigenvalue weighted by Gasteiger charge is 2.16. The van der Waals surface area contributed by atoms with Gasteiger partial charge in [0.2, 0.25) is 0 Å². The zero-order valence-electron chi connectivity index (χ0n) is 11.0. The summed E-state index contributed by atoms with van der Waals surface area (Å²) in [5.41, 5.74) is 2.46. The first kappa shape index (κ1) is 13.8. The molecule has 0 spiro atoms. The van der Waals surface area contributed by atoms with E-state index >= 15 is 0 Å². The van der Waals surface area contributed by atoms with Gasteiger partial charge in [0.25, 0.3) is 0 Å². The summed E-state index contributed by atoms with van der Waals surface area (Å²) in [5, 5.41) is 7.06. The molecule has 0 saturated carbocycles. The summed E-state index contributed by atoms with van der Waals surface area (Å²) in [4.78, 5) is 0. The molecule has 4 heteroatoms. The van der Waals surface area contributed by atoms with Crippen LogP contribution in [-0.2, 0) is 4.74 Å². The van der Waals surface area contributed by atoms with Crippen LogP contribution in [0.3, 0.4) is 0 Å². The fraction of sp³-hybridized carbons (Fsp3) is 0.571. The second kappa shape index (κ2) is 6.55. The van der Waals surface area contributed by atoms with E-state index < -0.39 is 0 Å². The standard InChI is InChI=1S/C14H21BrN2O/c1-10(8-12-9-18-7-6-16-12)17-14-5-3-4-13(15)11(14)2/h3-5,10,12,16-17H,6-9H2,1-2H3. The predicted molar refractivity (Wildman–Crippen MR) is 79.2 cm³/mol. The normalized spacial score (nSPS) is 21.6. The quantitative estimate of drug-likeness (QED) is 0.897. The highest BCUT2D eigenvalue weighted by molar-refractivity contribution is 9.10. The summed E-state index contributed by atoms with van der Waals surface area (Å²) >= 11 is 3.56. The lowest BCUT2D eigenvalue weighted by molar-refractivity contribution is 0.0731. The van der Waals surface area contributed by atoms with Crippen molar-refractivity contribution in [2.24, 2.45) is 0 Å². The fourth-order valence-electron chi connectivity index (χ4n) is 2.29. The molecule has 1 fully saturated rings. The summed E-state index contributed by atoms with van der Waals surface area (Å²) in [6, 6.07) is 7.16. The maximum absolute atomic E-state index is 5.48. The molecular formula is C14H21BrN2O. The van der Waals surface area contributed by atoms with Crippen molar-refractivity contribution < 1.29 is 4.74 Å². The Morgan fingerprint density at radius 2 is 2.39 bits per heavy atom. The monoisotopic (exact) mass is 312 g/mol. The molecule has 0 amide bonds. The van der Waals surface area contributed by atoms with Gasteiger partial charge in [-0.15, -0.1) is 0 Å². The molecule has 0 aliphatic carbocycles. The van der Waals surface area contributed by atoms with E-state index in [1.54, 1.807) is 0 Å². The van der Waals surface area contributed by atoms with E-state index in [0.29, 0.717) is 12.1 Å². The van der Waals surface area contributed by atoms with Crippen LogP contribution in [0.4, 0.5) is 5.69 Å². The summed E-state index contributed by atoms with van der Waals surface area (Å²) in [7, 11) is 0. The van der Waals surface area contributed by atoms with Crippen molar-refractivity contribution in [3.05, 3.63) is 28.2 Å². The number of nitrogens with one attached hydrogen (secondary N) is 2. The minimum Gasteiger partial charge on any atom is -0.382 e. The van der Waals surface area contributed by atoms with Gasteiger partial charge in [-0.3, -0.25) is 0 Å². The number of morpholine rings is 1. The molecule has 0 bridgehead atoms. The van der Waals surface area contributed by atoms with Crippen LogP contribution in [0.2, 0.25) is 0 Å². The zero-order chi connectivity index (χ0) is 13.0. The van der Waals surface area contributed by atoms with E-state index in [1.807, 2.05) is 0 Å². The maximum atomic E-state index is 5.48. The van der Waals surface area contributed by atoms with Crippen LogP contribution in [0, 0.1) is 6.92 Å². The average molecular weight is 313 g/mol. The van der Waals surface area contributed by atoms with Crippen molar-refractivity contribution in [2.75, 3.05) is 25.1 Å². The van der Waals surface area contributed by atoms with Crippen LogP contribution in [0.5, 0.6) is 0 Å². The van der Waals surface area contributed by atoms with E-state index in [4.69, 9.17) is 4.74 Å². The summed E-state index contributed by atoms with van der Waals surface area (Å²) < 4.78 is 6.63. The van der Waals surface area contributed by atoms with E-state index in [0.717, 1.165) is 30.7 Å². The predicted octanol–water partition coefficient (Wildman–Crippen LogP) is 2.94. The first-order valence-electron chi connectivity index (χ1n) is 6.49. The van der Waals surface area contributed by atoms with E-state index in [9.17, 15) is 0 Å². The average Bonchev–Trinajstić information content (AvgIpc) is 2.36. The largest absolute Gasteiger partial charge is 0.382 e. The lowest BCUT2D eigenvalue weighted by Gasteiger charge is -2.27. The van der Waals surface area contributed by atoms with Gasteiger partial charge in [0, 0.05) is 28.8 Å². The van der Waals surface area contributed by atoms with Crippen molar-refractivity contribution >= 4 is 21.6 Å². The molecule has 1 saturated heterocycles. The first-order chi connectivity index (χ1) is 8.66. The van der Waals surface area contributed by atoms with Crippen LogP contribution in [0.15, 0.2) is 22.7 Å². The van der Waals surface area contributed by atoms with Gasteiger partial charge in [-0.2, -0.15) is 0 Å². The van der Waals surface area contributed by atoms with Crippen molar-refractivity contribution in [3.63, 3.8) is 0 Å². The van der Waals surface area contributed by atoms with Crippen LogP contribution in [0.1, 0.15) is 18.9 Å². The van der Waals surface area contributed by atoms with E-state index in [-0.39, 0.29) is 0 Å². The number of anilines is 1. The van der Waals surface area contributed by atoms with Crippen LogP contribution in [-0.4, -0.2) is 31.8 Å². The first-order valence-corrected chi connectivity index (χ1v) is 7.29. The van der Waals surface area contributed by atoms with Crippen LogP contribution < -0.4 is 10.6 Å². The summed E-state index contributed by atoms with van der Waals surface area (Å²) in [6.07, 6.45) is 1.08. The maximum Gasteiger partial charge on any atom is 0.0621 e. The molecule has 1 aromatic rings. The molecule has 2 atom stereocenters. The molecule has 2 unspecified atom stereocenters. The molecule has 18 heavy (non-hydrogen) atoms. The second-order valence-electron chi connectivity index (χ2n) is 4.92. The highest BCUT2D eigenvalue weighted by atomic mass is 79.9. The van der Waals surface area contributed by atoms with Gasteiger partial charge in [-0.25, -0.2) is 0 Å². The van der Waals surface area contributed by atoms with Gasteiger partial charge < -0.3 is 15.4 Å². The molecule has 1 heterocycles. The molecule has 2 rings (SSSR count). The second-order valence-corrected chi connectivity index (χ2v) is 5.77. The van der Waals surface area contributed by atoms with Gasteiger partial charge >= 0.3 is 0 Å². The lowest BCUT2D eigenvalue weighted by Crippen LogP contribution is -2.43. The zero-order valence-corrected chi connectivity index (χ0v) is 12.6.